The molecule has 0 saturated heterocycles. The molecule has 2 rings (SSSR count). The second kappa shape index (κ2) is 6.03. The summed E-state index contributed by atoms with van der Waals surface area (Å²) < 4.78 is 0.811. The van der Waals surface area contributed by atoms with E-state index in [1.807, 2.05) is 6.07 Å². The van der Waals surface area contributed by atoms with Gasteiger partial charge < -0.3 is 10.4 Å². The maximum Gasteiger partial charge on any atom is 0.127 e. The van der Waals surface area contributed by atoms with Gasteiger partial charge in [-0.05, 0) is 47.0 Å². The number of aliphatic hydroxyl groups is 1. The van der Waals surface area contributed by atoms with Gasteiger partial charge in [-0.2, -0.15) is 0 Å². The van der Waals surface area contributed by atoms with Gasteiger partial charge in [-0.3, -0.25) is 0 Å². The van der Waals surface area contributed by atoms with Gasteiger partial charge in [-0.1, -0.05) is 11.6 Å². The first kappa shape index (κ1) is 13.1. The van der Waals surface area contributed by atoms with Gasteiger partial charge in [0, 0.05) is 25.4 Å². The lowest BCUT2D eigenvalue weighted by Crippen LogP contribution is -2.13. The summed E-state index contributed by atoms with van der Waals surface area (Å²) in [5.74, 6) is 1.94. The van der Waals surface area contributed by atoms with Crippen molar-refractivity contribution in [2.24, 2.45) is 11.8 Å². The predicted molar refractivity (Wildman–Crippen MR) is 73.4 cm³/mol. The fourth-order valence-corrected chi connectivity index (χ4v) is 2.66. The molecule has 94 valence electrons. The number of aliphatic hydroxyl groups excluding tert-OH is 1. The van der Waals surface area contributed by atoms with Crippen molar-refractivity contribution >= 4 is 33.3 Å². The first-order valence-corrected chi connectivity index (χ1v) is 7.02. The number of hydrogen-bond acceptors (Lipinski definition) is 3. The zero-order chi connectivity index (χ0) is 12.3. The lowest BCUT2D eigenvalue weighted by molar-refractivity contribution is 0.226. The molecule has 1 aliphatic carbocycles. The number of hydrogen-bond donors (Lipinski definition) is 2. The summed E-state index contributed by atoms with van der Waals surface area (Å²) in [5.41, 5.74) is 0. The number of anilines is 1. The van der Waals surface area contributed by atoms with Gasteiger partial charge in [0.1, 0.15) is 5.82 Å². The Kier molecular flexibility index (Phi) is 4.65. The van der Waals surface area contributed by atoms with Crippen LogP contribution in [0.3, 0.4) is 0 Å². The predicted octanol–water partition coefficient (Wildman–Crippen LogP) is 3.32. The van der Waals surface area contributed by atoms with E-state index >= 15 is 0 Å². The average molecular weight is 320 g/mol. The Morgan fingerprint density at radius 3 is 2.88 bits per heavy atom. The highest BCUT2D eigenvalue weighted by Crippen LogP contribution is 2.30. The first-order chi connectivity index (χ1) is 8.19. The normalized spacial score (nSPS) is 23.9. The van der Waals surface area contributed by atoms with E-state index in [-0.39, 0.29) is 0 Å². The molecule has 5 heteroatoms. The third-order valence-corrected chi connectivity index (χ3v) is 4.46. The highest BCUT2D eigenvalue weighted by atomic mass is 79.9. The Labute approximate surface area is 115 Å². The summed E-state index contributed by atoms with van der Waals surface area (Å²) in [4.78, 5) is 4.25. The van der Waals surface area contributed by atoms with Crippen LogP contribution in [0.1, 0.15) is 19.3 Å². The highest BCUT2D eigenvalue weighted by molar-refractivity contribution is 9.10. The SMILES string of the molecule is OCC1CCC(CNc2cc(Cl)c(Br)cn2)C1. The summed E-state index contributed by atoms with van der Waals surface area (Å²) in [6.07, 6.45) is 5.13. The van der Waals surface area contributed by atoms with Crippen LogP contribution in [0, 0.1) is 11.8 Å². The number of aromatic nitrogens is 1. The Bertz CT molecular complexity index is 389. The maximum atomic E-state index is 9.08. The molecule has 0 bridgehead atoms. The van der Waals surface area contributed by atoms with Gasteiger partial charge in [0.2, 0.25) is 0 Å². The molecule has 2 unspecified atom stereocenters. The molecule has 3 nitrogen and oxygen atoms in total. The number of rotatable bonds is 4. The number of halogens is 2. The molecule has 0 spiro atoms. The molecule has 17 heavy (non-hydrogen) atoms. The van der Waals surface area contributed by atoms with E-state index in [1.165, 1.54) is 6.42 Å². The van der Waals surface area contributed by atoms with Crippen LogP contribution in [-0.2, 0) is 0 Å². The number of pyridine rings is 1. The van der Waals surface area contributed by atoms with E-state index in [0.29, 0.717) is 23.5 Å². The molecule has 2 atom stereocenters. The molecular formula is C12H16BrClN2O. The molecule has 1 aliphatic rings. The molecule has 1 aromatic rings. The van der Waals surface area contributed by atoms with Crippen molar-refractivity contribution < 1.29 is 5.11 Å². The van der Waals surface area contributed by atoms with Crippen molar-refractivity contribution in [3.8, 4) is 0 Å². The summed E-state index contributed by atoms with van der Waals surface area (Å²) in [5, 5.41) is 13.1. The Hall–Kier alpha value is -0.320. The molecule has 1 fully saturated rings. The minimum atomic E-state index is 0.318. The summed E-state index contributed by atoms with van der Waals surface area (Å²) in [6, 6.07) is 1.82. The third-order valence-electron chi connectivity index (χ3n) is 3.29. The van der Waals surface area contributed by atoms with Crippen LogP contribution in [0.5, 0.6) is 0 Å². The smallest absolute Gasteiger partial charge is 0.127 e. The van der Waals surface area contributed by atoms with Crippen molar-refractivity contribution in [3.05, 3.63) is 21.8 Å². The number of nitrogens with one attached hydrogen (secondary N) is 1. The second-order valence-corrected chi connectivity index (χ2v) is 5.85. The number of nitrogens with zero attached hydrogens (tertiary/aromatic N) is 1. The largest absolute Gasteiger partial charge is 0.396 e. The second-order valence-electron chi connectivity index (χ2n) is 4.59. The van der Waals surface area contributed by atoms with E-state index in [1.54, 1.807) is 6.20 Å². The van der Waals surface area contributed by atoms with Crippen LogP contribution < -0.4 is 5.32 Å². The molecule has 1 aromatic heterocycles. The van der Waals surface area contributed by atoms with Crippen molar-refractivity contribution in [1.82, 2.24) is 4.98 Å². The van der Waals surface area contributed by atoms with Crippen LogP contribution in [0.25, 0.3) is 0 Å². The molecule has 1 heterocycles. The van der Waals surface area contributed by atoms with Crippen molar-refractivity contribution in [1.29, 1.82) is 0 Å². The molecule has 0 radical (unpaired) electrons. The van der Waals surface area contributed by atoms with Gasteiger partial charge in [0.05, 0.1) is 9.50 Å². The van der Waals surface area contributed by atoms with E-state index in [9.17, 15) is 0 Å². The van der Waals surface area contributed by atoms with Crippen molar-refractivity contribution in [2.45, 2.75) is 19.3 Å². The molecule has 0 aromatic carbocycles. The topological polar surface area (TPSA) is 45.1 Å². The minimum absolute atomic E-state index is 0.318. The summed E-state index contributed by atoms with van der Waals surface area (Å²) in [7, 11) is 0. The Balaban J connectivity index is 1.84. The van der Waals surface area contributed by atoms with Crippen molar-refractivity contribution in [2.75, 3.05) is 18.5 Å². The lowest BCUT2D eigenvalue weighted by atomic mass is 10.1. The fraction of sp³-hybridized carbons (Fsp3) is 0.583. The molecular weight excluding hydrogens is 304 g/mol. The fourth-order valence-electron chi connectivity index (χ4n) is 2.29. The van der Waals surface area contributed by atoms with Crippen LogP contribution in [0.4, 0.5) is 5.82 Å². The molecule has 0 amide bonds. The zero-order valence-corrected chi connectivity index (χ0v) is 11.8. The Morgan fingerprint density at radius 2 is 2.24 bits per heavy atom. The minimum Gasteiger partial charge on any atom is -0.396 e. The van der Waals surface area contributed by atoms with Gasteiger partial charge >= 0.3 is 0 Å². The van der Waals surface area contributed by atoms with Crippen LogP contribution in [0.2, 0.25) is 5.02 Å². The quantitative estimate of drug-likeness (QED) is 0.895. The van der Waals surface area contributed by atoms with Gasteiger partial charge in [-0.15, -0.1) is 0 Å². The first-order valence-electron chi connectivity index (χ1n) is 5.85. The van der Waals surface area contributed by atoms with Gasteiger partial charge in [0.15, 0.2) is 0 Å². The molecule has 1 saturated carbocycles. The van der Waals surface area contributed by atoms with Gasteiger partial charge in [-0.25, -0.2) is 4.98 Å². The molecule has 2 N–H and O–H groups in total. The van der Waals surface area contributed by atoms with E-state index in [4.69, 9.17) is 16.7 Å². The highest BCUT2D eigenvalue weighted by Gasteiger charge is 2.23. The monoisotopic (exact) mass is 318 g/mol. The maximum absolute atomic E-state index is 9.08. The average Bonchev–Trinajstić information content (AvgIpc) is 2.79. The molecule has 0 aliphatic heterocycles. The van der Waals surface area contributed by atoms with E-state index in [0.717, 1.165) is 29.7 Å². The van der Waals surface area contributed by atoms with E-state index in [2.05, 4.69) is 26.2 Å². The van der Waals surface area contributed by atoms with Crippen LogP contribution in [0.15, 0.2) is 16.7 Å². The van der Waals surface area contributed by atoms with Crippen LogP contribution in [-0.4, -0.2) is 23.2 Å². The Morgan fingerprint density at radius 1 is 1.47 bits per heavy atom. The van der Waals surface area contributed by atoms with E-state index < -0.39 is 0 Å². The van der Waals surface area contributed by atoms with Gasteiger partial charge in [0.25, 0.3) is 0 Å². The lowest BCUT2D eigenvalue weighted by Gasteiger charge is -2.12. The standard InChI is InChI=1S/C12H16BrClN2O/c13-10-6-16-12(4-11(10)14)15-5-8-1-2-9(3-8)7-17/h4,6,8-9,17H,1-3,5,7H2,(H,15,16). The third kappa shape index (κ3) is 3.57. The summed E-state index contributed by atoms with van der Waals surface area (Å²) >= 11 is 9.31. The summed E-state index contributed by atoms with van der Waals surface area (Å²) in [6.45, 7) is 1.22. The van der Waals surface area contributed by atoms with Crippen molar-refractivity contribution in [3.63, 3.8) is 0 Å². The van der Waals surface area contributed by atoms with Crippen LogP contribution >= 0.6 is 27.5 Å². The zero-order valence-electron chi connectivity index (χ0n) is 9.50.